The summed E-state index contributed by atoms with van der Waals surface area (Å²) in [7, 11) is 0. The molecule has 0 bridgehead atoms. The third kappa shape index (κ3) is 6.82. The molecule has 4 fully saturated rings. The molecule has 3 unspecified atom stereocenters. The first-order chi connectivity index (χ1) is 19.3. The van der Waals surface area contributed by atoms with Crippen LogP contribution in [0.15, 0.2) is 30.3 Å². The second kappa shape index (κ2) is 12.8. The molecule has 1 spiro atoms. The zero-order chi connectivity index (χ0) is 28.2. The molecule has 8 nitrogen and oxygen atoms in total. The van der Waals surface area contributed by atoms with Gasteiger partial charge >= 0.3 is 12.1 Å². The third-order valence-corrected chi connectivity index (χ3v) is 9.67. The van der Waals surface area contributed by atoms with Gasteiger partial charge in [0.15, 0.2) is 0 Å². The van der Waals surface area contributed by atoms with Crippen molar-refractivity contribution >= 4 is 12.1 Å². The van der Waals surface area contributed by atoms with Crippen LogP contribution >= 0.6 is 0 Å². The number of amides is 1. The highest BCUT2D eigenvalue weighted by Gasteiger charge is 2.53. The fraction of sp³-hybridized carbons (Fsp3) is 0.750. The van der Waals surface area contributed by atoms with E-state index in [1.807, 2.05) is 51.1 Å². The lowest BCUT2D eigenvalue weighted by atomic mass is 9.61. The normalized spacial score (nSPS) is 28.3. The summed E-state index contributed by atoms with van der Waals surface area (Å²) >= 11 is 0. The van der Waals surface area contributed by atoms with Gasteiger partial charge in [-0.25, -0.2) is 4.79 Å². The number of piperidine rings is 4. The van der Waals surface area contributed by atoms with Crippen molar-refractivity contribution in [3.05, 3.63) is 35.9 Å². The number of hydrogen-bond donors (Lipinski definition) is 2. The van der Waals surface area contributed by atoms with Crippen LogP contribution in [-0.4, -0.2) is 84.9 Å². The predicted molar refractivity (Wildman–Crippen MR) is 156 cm³/mol. The second-order valence-corrected chi connectivity index (χ2v) is 13.4. The van der Waals surface area contributed by atoms with E-state index < -0.39 is 5.60 Å². The highest BCUT2D eigenvalue weighted by atomic mass is 16.6. The Bertz CT molecular complexity index is 979. The Hall–Kier alpha value is -2.16. The van der Waals surface area contributed by atoms with E-state index in [-0.39, 0.29) is 35.5 Å². The fourth-order valence-electron chi connectivity index (χ4n) is 7.90. The molecule has 0 saturated carbocycles. The van der Waals surface area contributed by atoms with Gasteiger partial charge in [0, 0.05) is 18.6 Å². The van der Waals surface area contributed by atoms with Crippen LogP contribution in [-0.2, 0) is 20.9 Å². The first-order valence-electron chi connectivity index (χ1n) is 15.6. The van der Waals surface area contributed by atoms with Gasteiger partial charge in [0.2, 0.25) is 0 Å². The third-order valence-electron chi connectivity index (χ3n) is 9.67. The molecule has 4 aliphatic heterocycles. The maximum Gasteiger partial charge on any atom is 0.410 e. The van der Waals surface area contributed by atoms with Crippen molar-refractivity contribution < 1.29 is 19.1 Å². The zero-order valence-corrected chi connectivity index (χ0v) is 24.8. The highest BCUT2D eigenvalue weighted by molar-refractivity contribution is 5.76. The minimum absolute atomic E-state index is 0.0699. The summed E-state index contributed by atoms with van der Waals surface area (Å²) in [4.78, 5) is 32.0. The van der Waals surface area contributed by atoms with E-state index in [1.54, 1.807) is 0 Å². The topological polar surface area (TPSA) is 83.1 Å². The molecule has 40 heavy (non-hydrogen) atoms. The van der Waals surface area contributed by atoms with Gasteiger partial charge in [-0.05, 0) is 122 Å². The van der Waals surface area contributed by atoms with Crippen LogP contribution in [0.25, 0.3) is 0 Å². The van der Waals surface area contributed by atoms with Crippen LogP contribution in [0.5, 0.6) is 0 Å². The number of hydrogen-bond acceptors (Lipinski definition) is 7. The molecule has 4 aliphatic rings. The Kier molecular flexibility index (Phi) is 9.38. The summed E-state index contributed by atoms with van der Waals surface area (Å²) in [6.45, 7) is 11.7. The van der Waals surface area contributed by atoms with Crippen LogP contribution in [0.4, 0.5) is 4.79 Å². The van der Waals surface area contributed by atoms with Gasteiger partial charge in [-0.1, -0.05) is 30.3 Å². The number of carbonyl (C=O) groups excluding carboxylic acids is 2. The number of benzene rings is 1. The van der Waals surface area contributed by atoms with E-state index in [9.17, 15) is 9.59 Å². The first-order valence-corrected chi connectivity index (χ1v) is 15.6. The van der Waals surface area contributed by atoms with E-state index in [4.69, 9.17) is 9.47 Å². The van der Waals surface area contributed by atoms with Gasteiger partial charge in [-0.15, -0.1) is 0 Å². The second-order valence-electron chi connectivity index (χ2n) is 13.4. The molecule has 5 rings (SSSR count). The van der Waals surface area contributed by atoms with Crippen molar-refractivity contribution in [3.63, 3.8) is 0 Å². The summed E-state index contributed by atoms with van der Waals surface area (Å²) < 4.78 is 12.0. The quantitative estimate of drug-likeness (QED) is 0.524. The first kappa shape index (κ1) is 29.3. The van der Waals surface area contributed by atoms with E-state index >= 15 is 0 Å². The van der Waals surface area contributed by atoms with Gasteiger partial charge in [0.05, 0.1) is 0 Å². The van der Waals surface area contributed by atoms with E-state index in [0.29, 0.717) is 12.6 Å². The van der Waals surface area contributed by atoms with Gasteiger partial charge in [-0.2, -0.15) is 0 Å². The molecular weight excluding hydrogens is 504 g/mol. The van der Waals surface area contributed by atoms with Gasteiger partial charge in [-0.3, -0.25) is 9.69 Å². The van der Waals surface area contributed by atoms with Crippen LogP contribution < -0.4 is 10.6 Å². The molecular formula is C32H50N4O4. The van der Waals surface area contributed by atoms with Crippen molar-refractivity contribution in [1.29, 1.82) is 0 Å². The molecule has 4 saturated heterocycles. The SMILES string of the molecule is CC(C)(C)OC(=O)N1CCCC2(CCNCC2)C1C1CCN(C2CCNCC2)C(C(=O)OCc2ccccc2)C1. The van der Waals surface area contributed by atoms with Gasteiger partial charge in [0.1, 0.15) is 18.2 Å². The molecule has 0 aliphatic carbocycles. The summed E-state index contributed by atoms with van der Waals surface area (Å²) in [5.74, 6) is 0.115. The molecule has 0 aromatic heterocycles. The van der Waals surface area contributed by atoms with Crippen LogP contribution in [0.3, 0.4) is 0 Å². The molecule has 0 radical (unpaired) electrons. The Balaban J connectivity index is 1.40. The average Bonchev–Trinajstić information content (AvgIpc) is 2.96. The van der Waals surface area contributed by atoms with Crippen molar-refractivity contribution in [3.8, 4) is 0 Å². The summed E-state index contributed by atoms with van der Waals surface area (Å²) in [5, 5.41) is 7.02. The smallest absolute Gasteiger partial charge is 0.410 e. The van der Waals surface area contributed by atoms with Gasteiger partial charge in [0.25, 0.3) is 0 Å². The molecule has 222 valence electrons. The van der Waals surface area contributed by atoms with Crippen molar-refractivity contribution in [1.82, 2.24) is 20.4 Å². The lowest BCUT2D eigenvalue weighted by Gasteiger charge is -2.56. The van der Waals surface area contributed by atoms with Crippen LogP contribution in [0.2, 0.25) is 0 Å². The van der Waals surface area contributed by atoms with Crippen LogP contribution in [0, 0.1) is 11.3 Å². The summed E-state index contributed by atoms with van der Waals surface area (Å²) in [6.07, 6.45) is 7.90. The molecule has 4 heterocycles. The minimum Gasteiger partial charge on any atom is -0.460 e. The number of nitrogens with one attached hydrogen (secondary N) is 2. The van der Waals surface area contributed by atoms with E-state index in [1.165, 1.54) is 0 Å². The maximum absolute atomic E-state index is 13.8. The summed E-state index contributed by atoms with van der Waals surface area (Å²) in [6, 6.07) is 10.1. The number of nitrogens with zero attached hydrogens (tertiary/aromatic N) is 2. The highest BCUT2D eigenvalue weighted by Crippen LogP contribution is 2.49. The largest absolute Gasteiger partial charge is 0.460 e. The average molecular weight is 555 g/mol. The molecule has 8 heteroatoms. The van der Waals surface area contributed by atoms with E-state index in [0.717, 1.165) is 96.2 Å². The lowest BCUT2D eigenvalue weighted by molar-refractivity contribution is -0.157. The molecule has 1 aromatic rings. The van der Waals surface area contributed by atoms with Crippen molar-refractivity contribution in [2.75, 3.05) is 39.3 Å². The zero-order valence-electron chi connectivity index (χ0n) is 24.8. The fourth-order valence-corrected chi connectivity index (χ4v) is 7.90. The van der Waals surface area contributed by atoms with E-state index in [2.05, 4.69) is 20.4 Å². The maximum atomic E-state index is 13.8. The molecule has 2 N–H and O–H groups in total. The summed E-state index contributed by atoms with van der Waals surface area (Å²) in [5.41, 5.74) is 0.539. The Morgan fingerprint density at radius 3 is 2.35 bits per heavy atom. The Labute approximate surface area is 240 Å². The number of esters is 1. The number of likely N-dealkylation sites (tertiary alicyclic amines) is 2. The number of ether oxygens (including phenoxy) is 2. The standard InChI is InChI=1S/C32H50N4O4/c1-31(2,3)40-30(38)36-20-7-13-32(14-18-34-19-15-32)28(36)25-12-21-35(26-10-16-33-17-11-26)27(22-25)29(37)39-23-24-8-5-4-6-9-24/h4-6,8-9,25-28,33-34H,7,10-23H2,1-3H3. The predicted octanol–water partition coefficient (Wildman–Crippen LogP) is 4.33. The number of rotatable bonds is 5. The van der Waals surface area contributed by atoms with Crippen molar-refractivity contribution in [2.45, 2.75) is 102 Å². The lowest BCUT2D eigenvalue weighted by Crippen LogP contribution is -2.64. The molecule has 1 aromatic carbocycles. The van der Waals surface area contributed by atoms with Crippen molar-refractivity contribution in [2.24, 2.45) is 11.3 Å². The molecule has 3 atom stereocenters. The van der Waals surface area contributed by atoms with Crippen LogP contribution in [0.1, 0.15) is 77.7 Å². The minimum atomic E-state index is -0.539. The Morgan fingerprint density at radius 2 is 1.65 bits per heavy atom. The molecule has 1 amide bonds. The van der Waals surface area contributed by atoms with Gasteiger partial charge < -0.3 is 25.0 Å². The Morgan fingerprint density at radius 1 is 0.950 bits per heavy atom. The monoisotopic (exact) mass is 554 g/mol. The number of carbonyl (C=O) groups is 2.